The van der Waals surface area contributed by atoms with Gasteiger partial charge >= 0.3 is 5.69 Å². The first-order valence-corrected chi connectivity index (χ1v) is 13.2. The smallest absolute Gasteiger partial charge is 0.278 e. The fourth-order valence-corrected chi connectivity index (χ4v) is 5.61. The summed E-state index contributed by atoms with van der Waals surface area (Å²) in [5.41, 5.74) is 2.02. The van der Waals surface area contributed by atoms with Crippen LogP contribution in [0.4, 0.5) is 5.82 Å². The molecule has 0 spiro atoms. The molecule has 8 nitrogen and oxygen atoms in total. The SMILES string of the molecule is CCCCCn1c2c(c(=O)n(CCCc3cnn(Cc4nc5ccccc5s4)c3)c1=O)CC(Cl)=N2. The third-order valence-electron chi connectivity index (χ3n) is 6.20. The van der Waals surface area contributed by atoms with E-state index < -0.39 is 0 Å². The van der Waals surface area contributed by atoms with E-state index >= 15 is 0 Å². The molecule has 4 heterocycles. The lowest BCUT2D eigenvalue weighted by Gasteiger charge is -2.14. The summed E-state index contributed by atoms with van der Waals surface area (Å²) in [6.45, 7) is 3.62. The number of hydrogen-bond acceptors (Lipinski definition) is 6. The number of hydrogen-bond donors (Lipinski definition) is 0. The van der Waals surface area contributed by atoms with Crippen LogP contribution in [0.15, 0.2) is 51.2 Å². The van der Waals surface area contributed by atoms with Crippen molar-refractivity contribution in [3.8, 4) is 0 Å². The van der Waals surface area contributed by atoms with Gasteiger partial charge in [-0.25, -0.2) is 14.8 Å². The molecule has 4 aromatic rings. The predicted molar refractivity (Wildman–Crippen MR) is 140 cm³/mol. The molecule has 0 amide bonds. The Labute approximate surface area is 211 Å². The fraction of sp³-hybridized carbons (Fsp3) is 0.400. The van der Waals surface area contributed by atoms with Gasteiger partial charge in [-0.1, -0.05) is 43.5 Å². The average Bonchev–Trinajstić information content (AvgIpc) is 3.56. The number of para-hydroxylation sites is 1. The first-order chi connectivity index (χ1) is 17.0. The van der Waals surface area contributed by atoms with E-state index in [0.717, 1.165) is 41.8 Å². The number of aliphatic imine (C=N–C) groups is 1. The number of aromatic nitrogens is 5. The van der Waals surface area contributed by atoms with E-state index in [4.69, 9.17) is 11.6 Å². The molecule has 182 valence electrons. The standard InChI is InChI=1S/C25H27ClN6O2S/c1-2-3-6-11-31-23-18(13-21(26)29-23)24(33)32(25(31)34)12-7-8-17-14-27-30(15-17)16-22-28-19-9-4-5-10-20(19)35-22/h4-5,9-10,14-15H,2-3,6-8,11-13,16H2,1H3. The molecule has 1 aromatic carbocycles. The summed E-state index contributed by atoms with van der Waals surface area (Å²) in [6, 6.07) is 8.10. The van der Waals surface area contributed by atoms with E-state index in [1.165, 1.54) is 9.27 Å². The summed E-state index contributed by atoms with van der Waals surface area (Å²) in [4.78, 5) is 35.2. The quantitative estimate of drug-likeness (QED) is 0.294. The van der Waals surface area contributed by atoms with Gasteiger partial charge in [0.25, 0.3) is 5.56 Å². The van der Waals surface area contributed by atoms with Gasteiger partial charge in [0.15, 0.2) is 0 Å². The highest BCUT2D eigenvalue weighted by Crippen LogP contribution is 2.24. The Kier molecular flexibility index (Phi) is 6.97. The van der Waals surface area contributed by atoms with E-state index in [1.807, 2.05) is 35.3 Å². The molecule has 1 aliphatic rings. The van der Waals surface area contributed by atoms with Gasteiger partial charge in [-0.05, 0) is 37.0 Å². The van der Waals surface area contributed by atoms with Crippen LogP contribution in [0, 0.1) is 0 Å². The minimum absolute atomic E-state index is 0.275. The number of benzene rings is 1. The van der Waals surface area contributed by atoms with Crippen molar-refractivity contribution >= 4 is 44.1 Å². The maximum Gasteiger partial charge on any atom is 0.332 e. The fourth-order valence-electron chi connectivity index (χ4n) is 4.44. The van der Waals surface area contributed by atoms with Crippen LogP contribution in [-0.2, 0) is 32.5 Å². The summed E-state index contributed by atoms with van der Waals surface area (Å²) in [5.74, 6) is 0.438. The summed E-state index contributed by atoms with van der Waals surface area (Å²) < 4.78 is 6.02. The van der Waals surface area contributed by atoms with Crippen molar-refractivity contribution < 1.29 is 0 Å². The van der Waals surface area contributed by atoms with Gasteiger partial charge < -0.3 is 0 Å². The van der Waals surface area contributed by atoms with Gasteiger partial charge in [0.2, 0.25) is 0 Å². The molecular formula is C25H27ClN6O2S. The molecule has 35 heavy (non-hydrogen) atoms. The molecule has 3 aromatic heterocycles. The van der Waals surface area contributed by atoms with Crippen molar-refractivity contribution in [2.75, 3.05) is 0 Å². The highest BCUT2D eigenvalue weighted by Gasteiger charge is 2.24. The van der Waals surface area contributed by atoms with Crippen molar-refractivity contribution in [2.24, 2.45) is 4.99 Å². The Bertz CT molecular complexity index is 1480. The molecule has 5 rings (SSSR count). The third-order valence-corrected chi connectivity index (χ3v) is 7.43. The van der Waals surface area contributed by atoms with Gasteiger partial charge in [0.05, 0.1) is 28.5 Å². The number of unbranched alkanes of at least 4 members (excludes halogenated alkanes) is 2. The summed E-state index contributed by atoms with van der Waals surface area (Å²) in [5, 5.41) is 5.84. The second-order valence-electron chi connectivity index (χ2n) is 8.79. The lowest BCUT2D eigenvalue weighted by atomic mass is 10.2. The minimum atomic E-state index is -0.300. The van der Waals surface area contributed by atoms with E-state index in [0.29, 0.717) is 49.0 Å². The third kappa shape index (κ3) is 5.01. The van der Waals surface area contributed by atoms with Crippen LogP contribution < -0.4 is 11.2 Å². The van der Waals surface area contributed by atoms with Crippen LogP contribution >= 0.6 is 22.9 Å². The van der Waals surface area contributed by atoms with Crippen LogP contribution in [0.5, 0.6) is 0 Å². The maximum atomic E-state index is 13.2. The van der Waals surface area contributed by atoms with Crippen molar-refractivity contribution in [2.45, 2.75) is 65.1 Å². The van der Waals surface area contributed by atoms with Crippen LogP contribution in [0.1, 0.15) is 48.7 Å². The molecule has 0 radical (unpaired) electrons. The van der Waals surface area contributed by atoms with E-state index in [9.17, 15) is 9.59 Å². The Balaban J connectivity index is 1.27. The van der Waals surface area contributed by atoms with E-state index in [-0.39, 0.29) is 11.2 Å². The van der Waals surface area contributed by atoms with Crippen molar-refractivity contribution in [3.63, 3.8) is 0 Å². The largest absolute Gasteiger partial charge is 0.332 e. The van der Waals surface area contributed by atoms with Crippen molar-refractivity contribution in [1.29, 1.82) is 0 Å². The number of nitrogens with zero attached hydrogens (tertiary/aromatic N) is 6. The first-order valence-electron chi connectivity index (χ1n) is 12.0. The number of halogens is 1. The monoisotopic (exact) mass is 510 g/mol. The van der Waals surface area contributed by atoms with Gasteiger partial charge in [-0.2, -0.15) is 5.10 Å². The highest BCUT2D eigenvalue weighted by atomic mass is 35.5. The lowest BCUT2D eigenvalue weighted by molar-refractivity contribution is 0.513. The zero-order valence-electron chi connectivity index (χ0n) is 19.6. The van der Waals surface area contributed by atoms with Crippen LogP contribution in [-0.4, -0.2) is 29.1 Å². The molecule has 0 unspecified atom stereocenters. The average molecular weight is 511 g/mol. The Morgan fingerprint density at radius 2 is 1.91 bits per heavy atom. The number of fused-ring (bicyclic) bond motifs is 2. The maximum absolute atomic E-state index is 13.2. The zero-order chi connectivity index (χ0) is 24.4. The molecule has 1 aliphatic heterocycles. The molecule has 0 saturated carbocycles. The summed E-state index contributed by atoms with van der Waals surface area (Å²) in [6.07, 6.45) is 8.44. The normalized spacial score (nSPS) is 12.9. The zero-order valence-corrected chi connectivity index (χ0v) is 21.2. The summed E-state index contributed by atoms with van der Waals surface area (Å²) in [7, 11) is 0. The number of rotatable bonds is 10. The van der Waals surface area contributed by atoms with Crippen molar-refractivity contribution in [3.05, 3.63) is 73.6 Å². The molecule has 10 heteroatoms. The van der Waals surface area contributed by atoms with Gasteiger partial charge in [-0.15, -0.1) is 11.3 Å². The molecule has 0 bridgehead atoms. The molecular weight excluding hydrogens is 484 g/mol. The summed E-state index contributed by atoms with van der Waals surface area (Å²) >= 11 is 7.80. The minimum Gasteiger partial charge on any atom is -0.278 e. The van der Waals surface area contributed by atoms with E-state index in [2.05, 4.69) is 28.1 Å². The van der Waals surface area contributed by atoms with Gasteiger partial charge in [0, 0.05) is 25.7 Å². The van der Waals surface area contributed by atoms with Crippen molar-refractivity contribution in [1.82, 2.24) is 23.9 Å². The van der Waals surface area contributed by atoms with Crippen LogP contribution in [0.3, 0.4) is 0 Å². The predicted octanol–water partition coefficient (Wildman–Crippen LogP) is 4.51. The second kappa shape index (κ2) is 10.3. The van der Waals surface area contributed by atoms with Gasteiger partial charge in [-0.3, -0.25) is 18.6 Å². The number of aryl methyl sites for hydroxylation is 1. The van der Waals surface area contributed by atoms with Crippen LogP contribution in [0.25, 0.3) is 10.2 Å². The number of thiazole rings is 1. The molecule has 0 N–H and O–H groups in total. The van der Waals surface area contributed by atoms with E-state index in [1.54, 1.807) is 15.9 Å². The molecule has 0 saturated heterocycles. The topological polar surface area (TPSA) is 87.1 Å². The van der Waals surface area contributed by atoms with Gasteiger partial charge in [0.1, 0.15) is 16.0 Å². The molecule has 0 atom stereocenters. The van der Waals surface area contributed by atoms with Crippen LogP contribution in [0.2, 0.25) is 0 Å². The highest BCUT2D eigenvalue weighted by molar-refractivity contribution is 7.18. The second-order valence-corrected chi connectivity index (χ2v) is 10.3. The Morgan fingerprint density at radius 3 is 2.74 bits per heavy atom. The Morgan fingerprint density at radius 1 is 1.09 bits per heavy atom. The molecule has 0 fully saturated rings. The lowest BCUT2D eigenvalue weighted by Crippen LogP contribution is -2.41. The Hall–Kier alpha value is -3.04. The first kappa shape index (κ1) is 23.7. The molecule has 0 aliphatic carbocycles.